The maximum atomic E-state index is 12.8. The first-order chi connectivity index (χ1) is 17.9. The summed E-state index contributed by atoms with van der Waals surface area (Å²) in [5.74, 6) is 3.02. The van der Waals surface area contributed by atoms with Gasteiger partial charge in [-0.2, -0.15) is 4.98 Å². The molecule has 0 unspecified atom stereocenters. The third kappa shape index (κ3) is 4.81. The largest absolute Gasteiger partial charge is 0.337 e. The predicted octanol–water partition coefficient (Wildman–Crippen LogP) is 4.28. The summed E-state index contributed by atoms with van der Waals surface area (Å²) in [7, 11) is 0. The highest BCUT2D eigenvalue weighted by Crippen LogP contribution is 2.31. The van der Waals surface area contributed by atoms with Gasteiger partial charge in [-0.1, -0.05) is 11.6 Å². The molecule has 1 amide bonds. The zero-order valence-corrected chi connectivity index (χ0v) is 21.4. The molecule has 1 aliphatic heterocycles. The molecule has 192 valence electrons. The average Bonchev–Trinajstić information content (AvgIpc) is 3.45. The van der Waals surface area contributed by atoms with Crippen molar-refractivity contribution in [3.8, 4) is 11.5 Å². The summed E-state index contributed by atoms with van der Waals surface area (Å²) in [5.41, 5.74) is 3.70. The molecule has 2 atom stereocenters. The summed E-state index contributed by atoms with van der Waals surface area (Å²) in [5, 5.41) is 7.16. The molecule has 4 heterocycles. The van der Waals surface area contributed by atoms with Crippen molar-refractivity contribution >= 4 is 28.7 Å². The predicted molar refractivity (Wildman–Crippen MR) is 140 cm³/mol. The number of aryl methyl sites for hydroxylation is 1. The minimum atomic E-state index is 0.222. The van der Waals surface area contributed by atoms with Crippen LogP contribution in [0.15, 0.2) is 41.1 Å². The molecule has 2 N–H and O–H groups in total. The molecule has 1 aromatic carbocycles. The summed E-state index contributed by atoms with van der Waals surface area (Å²) in [6.45, 7) is 8.64. The number of carbonyl (C=O) groups excluding carboxylic acids is 1. The van der Waals surface area contributed by atoms with Gasteiger partial charge in [-0.25, -0.2) is 9.97 Å². The SMILES string of the molecule is Cc1noc(-c2ccc3nc(Nc4cc(CN5C[C@@H](C)N(C(=O)C6CCC6)C[C@@H]5C)ccn4)[nH]c3c2)n1. The number of hydrogen-bond donors (Lipinski definition) is 2. The van der Waals surface area contributed by atoms with Gasteiger partial charge in [0, 0.05) is 49.4 Å². The molecule has 2 aliphatic rings. The Kier molecular flexibility index (Phi) is 6.11. The molecule has 0 radical (unpaired) electrons. The molecular formula is C27H32N8O2. The molecule has 4 aromatic rings. The number of benzene rings is 1. The highest BCUT2D eigenvalue weighted by atomic mass is 16.5. The van der Waals surface area contributed by atoms with Crippen LogP contribution in [0.2, 0.25) is 0 Å². The van der Waals surface area contributed by atoms with E-state index in [0.717, 1.165) is 54.9 Å². The van der Waals surface area contributed by atoms with Crippen LogP contribution in [0.3, 0.4) is 0 Å². The van der Waals surface area contributed by atoms with Crippen LogP contribution in [0.25, 0.3) is 22.5 Å². The van der Waals surface area contributed by atoms with Gasteiger partial charge < -0.3 is 19.7 Å². The van der Waals surface area contributed by atoms with Crippen LogP contribution < -0.4 is 5.32 Å². The highest BCUT2D eigenvalue weighted by molar-refractivity contribution is 5.82. The molecule has 3 aromatic heterocycles. The Morgan fingerprint density at radius 1 is 1.14 bits per heavy atom. The number of aromatic nitrogens is 5. The fraction of sp³-hybridized carbons (Fsp3) is 0.444. The Morgan fingerprint density at radius 2 is 2.00 bits per heavy atom. The number of rotatable bonds is 6. The second kappa shape index (κ2) is 9.59. The summed E-state index contributed by atoms with van der Waals surface area (Å²) >= 11 is 0. The molecule has 37 heavy (non-hydrogen) atoms. The summed E-state index contributed by atoms with van der Waals surface area (Å²) in [6.07, 6.45) is 5.11. The molecule has 10 heteroatoms. The average molecular weight is 501 g/mol. The zero-order chi connectivity index (χ0) is 25.5. The zero-order valence-electron chi connectivity index (χ0n) is 21.4. The Balaban J connectivity index is 1.13. The first kappa shape index (κ1) is 23.6. The van der Waals surface area contributed by atoms with E-state index in [1.165, 1.54) is 12.0 Å². The van der Waals surface area contributed by atoms with Gasteiger partial charge in [0.15, 0.2) is 5.82 Å². The molecule has 0 spiro atoms. The fourth-order valence-electron chi connectivity index (χ4n) is 5.23. The highest BCUT2D eigenvalue weighted by Gasteiger charge is 2.36. The third-order valence-electron chi connectivity index (χ3n) is 7.57. The third-order valence-corrected chi connectivity index (χ3v) is 7.57. The Morgan fingerprint density at radius 3 is 2.76 bits per heavy atom. The molecule has 0 bridgehead atoms. The molecule has 1 aliphatic carbocycles. The number of hydrogen-bond acceptors (Lipinski definition) is 8. The van der Waals surface area contributed by atoms with Gasteiger partial charge in [0.2, 0.25) is 11.9 Å². The van der Waals surface area contributed by atoms with E-state index in [4.69, 9.17) is 4.52 Å². The van der Waals surface area contributed by atoms with E-state index in [1.54, 1.807) is 6.92 Å². The van der Waals surface area contributed by atoms with Gasteiger partial charge in [0.25, 0.3) is 5.89 Å². The van der Waals surface area contributed by atoms with Crippen molar-refractivity contribution in [3.05, 3.63) is 47.9 Å². The van der Waals surface area contributed by atoms with Crippen molar-refractivity contribution in [2.24, 2.45) is 5.92 Å². The number of piperazine rings is 1. The molecule has 1 saturated heterocycles. The summed E-state index contributed by atoms with van der Waals surface area (Å²) < 4.78 is 5.28. The standard InChI is InChI=1S/C27H32N8O2/c1-16-14-35(26(36)20-5-4-6-20)17(2)13-34(16)15-19-9-10-28-24(11-19)32-27-30-22-8-7-21(12-23(22)31-27)25-29-18(3)33-37-25/h7-12,16-17,20H,4-6,13-15H2,1-3H3,(H2,28,30,31,32)/t16-,17+/m0/s1. The maximum Gasteiger partial charge on any atom is 0.257 e. The van der Waals surface area contributed by atoms with Crippen LogP contribution in [-0.2, 0) is 11.3 Å². The van der Waals surface area contributed by atoms with Crippen LogP contribution in [0.5, 0.6) is 0 Å². The monoisotopic (exact) mass is 500 g/mol. The van der Waals surface area contributed by atoms with Gasteiger partial charge >= 0.3 is 0 Å². The fourth-order valence-corrected chi connectivity index (χ4v) is 5.23. The lowest BCUT2D eigenvalue weighted by Crippen LogP contribution is -2.59. The van der Waals surface area contributed by atoms with Gasteiger partial charge in [0.05, 0.1) is 11.0 Å². The van der Waals surface area contributed by atoms with Crippen molar-refractivity contribution < 1.29 is 9.32 Å². The molecule has 6 rings (SSSR count). The van der Waals surface area contributed by atoms with E-state index in [2.05, 4.69) is 60.1 Å². The van der Waals surface area contributed by atoms with Crippen molar-refractivity contribution in [2.75, 3.05) is 18.4 Å². The lowest BCUT2D eigenvalue weighted by atomic mass is 9.83. The molecular weight excluding hydrogens is 468 g/mol. The minimum absolute atomic E-state index is 0.222. The van der Waals surface area contributed by atoms with Crippen molar-refractivity contribution in [1.82, 2.24) is 34.9 Å². The molecule has 2 fully saturated rings. The first-order valence-electron chi connectivity index (χ1n) is 13.0. The quantitative estimate of drug-likeness (QED) is 0.403. The number of H-pyrrole nitrogens is 1. The summed E-state index contributed by atoms with van der Waals surface area (Å²) in [4.78, 5) is 34.2. The number of imidazole rings is 1. The Hall–Kier alpha value is -3.79. The van der Waals surface area contributed by atoms with Crippen LogP contribution in [0.4, 0.5) is 11.8 Å². The lowest BCUT2D eigenvalue weighted by molar-refractivity contribution is -0.144. The molecule has 10 nitrogen and oxygen atoms in total. The maximum absolute atomic E-state index is 12.8. The first-order valence-corrected chi connectivity index (χ1v) is 13.0. The second-order valence-electron chi connectivity index (χ2n) is 10.4. The Bertz CT molecular complexity index is 1420. The smallest absolute Gasteiger partial charge is 0.257 e. The minimum Gasteiger partial charge on any atom is -0.337 e. The number of aromatic amines is 1. The van der Waals surface area contributed by atoms with E-state index in [0.29, 0.717) is 29.6 Å². The number of fused-ring (bicyclic) bond motifs is 1. The van der Waals surface area contributed by atoms with Crippen LogP contribution in [-0.4, -0.2) is 66.0 Å². The normalized spacial score (nSPS) is 20.8. The van der Waals surface area contributed by atoms with Crippen molar-refractivity contribution in [2.45, 2.75) is 58.7 Å². The number of anilines is 2. The van der Waals surface area contributed by atoms with Crippen molar-refractivity contribution in [1.29, 1.82) is 0 Å². The van der Waals surface area contributed by atoms with Gasteiger partial charge in [-0.05, 0) is 69.5 Å². The van der Waals surface area contributed by atoms with Crippen LogP contribution in [0.1, 0.15) is 44.5 Å². The number of nitrogens with one attached hydrogen (secondary N) is 2. The number of amides is 1. The topological polar surface area (TPSA) is 116 Å². The van der Waals surface area contributed by atoms with E-state index < -0.39 is 0 Å². The second-order valence-corrected chi connectivity index (χ2v) is 10.4. The van der Waals surface area contributed by atoms with Gasteiger partial charge in [-0.3, -0.25) is 9.69 Å². The van der Waals surface area contributed by atoms with Crippen LogP contribution >= 0.6 is 0 Å². The van der Waals surface area contributed by atoms with E-state index in [9.17, 15) is 4.79 Å². The van der Waals surface area contributed by atoms with Gasteiger partial charge in [0.1, 0.15) is 5.82 Å². The summed E-state index contributed by atoms with van der Waals surface area (Å²) in [6, 6.07) is 10.4. The van der Waals surface area contributed by atoms with Crippen LogP contribution in [0, 0.1) is 12.8 Å². The molecule has 1 saturated carbocycles. The number of nitrogens with zero attached hydrogens (tertiary/aromatic N) is 6. The van der Waals surface area contributed by atoms with E-state index in [-0.39, 0.29) is 12.0 Å². The van der Waals surface area contributed by atoms with E-state index in [1.807, 2.05) is 30.5 Å². The Labute approximate surface area is 215 Å². The van der Waals surface area contributed by atoms with E-state index >= 15 is 0 Å². The lowest BCUT2D eigenvalue weighted by Gasteiger charge is -2.46. The number of pyridine rings is 1. The number of carbonyl (C=O) groups is 1. The van der Waals surface area contributed by atoms with Gasteiger partial charge in [-0.15, -0.1) is 0 Å². The van der Waals surface area contributed by atoms with Crippen molar-refractivity contribution in [3.63, 3.8) is 0 Å².